The molecule has 1 saturated heterocycles. The summed E-state index contributed by atoms with van der Waals surface area (Å²) < 4.78 is 15.5. The lowest BCUT2D eigenvalue weighted by Crippen LogP contribution is -2.64. The summed E-state index contributed by atoms with van der Waals surface area (Å²) in [6, 6.07) is -0.204. The van der Waals surface area contributed by atoms with Crippen LogP contribution >= 0.6 is 11.8 Å². The van der Waals surface area contributed by atoms with E-state index in [-0.39, 0.29) is 30.2 Å². The standard InChI is InChI=1S/C23H36N2O7S/c1-14(26)30-12-23(5,6)17-15-11-16(33-10-9-24(7)8)18(25(15)19(17)27)20(28)31-13-32-21(29)22(2,3)4/h15,17H,9-13H2,1-8H3. The smallest absolute Gasteiger partial charge is 0.358 e. The topological polar surface area (TPSA) is 102 Å². The fourth-order valence-corrected chi connectivity index (χ4v) is 5.11. The lowest BCUT2D eigenvalue weighted by Gasteiger charge is -2.50. The van der Waals surface area contributed by atoms with E-state index in [1.807, 2.05) is 32.8 Å². The number of nitrogens with zero attached hydrogens (tertiary/aromatic N) is 2. The molecule has 0 bridgehead atoms. The summed E-state index contributed by atoms with van der Waals surface area (Å²) in [6.45, 7) is 10.6. The van der Waals surface area contributed by atoms with Crippen molar-refractivity contribution in [2.75, 3.05) is 39.8 Å². The molecule has 33 heavy (non-hydrogen) atoms. The zero-order chi connectivity index (χ0) is 25.1. The number of ether oxygens (including phenoxy) is 3. The average Bonchev–Trinajstić information content (AvgIpc) is 2.99. The lowest BCUT2D eigenvalue weighted by atomic mass is 9.69. The molecule has 2 aliphatic rings. The minimum atomic E-state index is -0.717. The molecule has 0 spiro atoms. The second kappa shape index (κ2) is 10.5. The van der Waals surface area contributed by atoms with Crippen molar-refractivity contribution in [1.29, 1.82) is 0 Å². The van der Waals surface area contributed by atoms with Gasteiger partial charge in [-0.05, 0) is 34.9 Å². The molecule has 2 unspecified atom stereocenters. The van der Waals surface area contributed by atoms with E-state index in [0.29, 0.717) is 6.42 Å². The van der Waals surface area contributed by atoms with Crippen LogP contribution in [0.2, 0.25) is 0 Å². The van der Waals surface area contributed by atoms with Gasteiger partial charge in [-0.1, -0.05) is 13.8 Å². The van der Waals surface area contributed by atoms with Crippen molar-refractivity contribution < 1.29 is 33.4 Å². The normalized spacial score (nSPS) is 20.5. The molecule has 2 aliphatic heterocycles. The molecule has 0 aromatic carbocycles. The summed E-state index contributed by atoms with van der Waals surface area (Å²) in [5.41, 5.74) is -1.07. The van der Waals surface area contributed by atoms with Crippen molar-refractivity contribution in [3.63, 3.8) is 0 Å². The number of β-lactam (4-membered cyclic amide) rings is 1. The number of hydrogen-bond acceptors (Lipinski definition) is 9. The average molecular weight is 485 g/mol. The van der Waals surface area contributed by atoms with Crippen molar-refractivity contribution in [2.24, 2.45) is 16.7 Å². The molecule has 0 saturated carbocycles. The first-order valence-corrected chi connectivity index (χ1v) is 12.0. The van der Waals surface area contributed by atoms with Crippen LogP contribution in [0.1, 0.15) is 48.0 Å². The molecule has 2 atom stereocenters. The zero-order valence-electron chi connectivity index (χ0n) is 20.9. The molecule has 2 heterocycles. The van der Waals surface area contributed by atoms with Gasteiger partial charge in [-0.15, -0.1) is 11.8 Å². The molecule has 0 aliphatic carbocycles. The maximum Gasteiger partial charge on any atom is 0.358 e. The summed E-state index contributed by atoms with van der Waals surface area (Å²) in [5.74, 6) is -1.40. The highest BCUT2D eigenvalue weighted by Gasteiger charge is 2.60. The number of carbonyl (C=O) groups is 4. The van der Waals surface area contributed by atoms with Gasteiger partial charge in [-0.3, -0.25) is 14.4 Å². The summed E-state index contributed by atoms with van der Waals surface area (Å²) in [4.78, 5) is 53.6. The van der Waals surface area contributed by atoms with Crippen LogP contribution in [0.15, 0.2) is 10.6 Å². The minimum Gasteiger partial charge on any atom is -0.465 e. The van der Waals surface area contributed by atoms with Gasteiger partial charge in [0.15, 0.2) is 0 Å². The maximum atomic E-state index is 13.1. The van der Waals surface area contributed by atoms with Gasteiger partial charge in [0.1, 0.15) is 5.70 Å². The Morgan fingerprint density at radius 1 is 1.09 bits per heavy atom. The first-order valence-electron chi connectivity index (χ1n) is 11.0. The van der Waals surface area contributed by atoms with Crippen LogP contribution in [0, 0.1) is 16.7 Å². The predicted molar refractivity (Wildman–Crippen MR) is 124 cm³/mol. The third kappa shape index (κ3) is 6.50. The molecule has 1 fully saturated rings. The summed E-state index contributed by atoms with van der Waals surface area (Å²) >= 11 is 1.52. The second-order valence-corrected chi connectivity index (χ2v) is 11.6. The molecular formula is C23H36N2O7S. The fraction of sp³-hybridized carbons (Fsp3) is 0.739. The molecule has 186 valence electrons. The Balaban J connectivity index is 2.15. The van der Waals surface area contributed by atoms with Crippen LogP contribution < -0.4 is 0 Å². The van der Waals surface area contributed by atoms with E-state index in [9.17, 15) is 19.2 Å². The Bertz CT molecular complexity index is 829. The van der Waals surface area contributed by atoms with E-state index >= 15 is 0 Å². The van der Waals surface area contributed by atoms with E-state index in [4.69, 9.17) is 14.2 Å². The number of carbonyl (C=O) groups excluding carboxylic acids is 4. The number of esters is 3. The van der Waals surface area contributed by atoms with E-state index in [0.717, 1.165) is 17.2 Å². The van der Waals surface area contributed by atoms with Crippen molar-refractivity contribution in [2.45, 2.75) is 54.0 Å². The number of fused-ring (bicyclic) bond motifs is 1. The summed E-state index contributed by atoms with van der Waals surface area (Å²) in [7, 11) is 3.93. The summed E-state index contributed by atoms with van der Waals surface area (Å²) in [5, 5.41) is 0. The summed E-state index contributed by atoms with van der Waals surface area (Å²) in [6.07, 6.45) is 0.532. The number of hydrogen-bond donors (Lipinski definition) is 0. The van der Waals surface area contributed by atoms with Crippen molar-refractivity contribution in [3.05, 3.63) is 10.6 Å². The van der Waals surface area contributed by atoms with Gasteiger partial charge in [-0.25, -0.2) is 4.79 Å². The molecule has 0 N–H and O–H groups in total. The highest BCUT2D eigenvalue weighted by atomic mass is 32.2. The number of amides is 1. The van der Waals surface area contributed by atoms with Crippen LogP contribution in [0.5, 0.6) is 0 Å². The van der Waals surface area contributed by atoms with Gasteiger partial charge in [0, 0.05) is 36.0 Å². The number of thioether (sulfide) groups is 1. The molecule has 1 amide bonds. The van der Waals surface area contributed by atoms with Crippen LogP contribution in [-0.2, 0) is 33.4 Å². The zero-order valence-corrected chi connectivity index (χ0v) is 21.7. The maximum absolute atomic E-state index is 13.1. The molecular weight excluding hydrogens is 448 g/mol. The molecule has 9 nitrogen and oxygen atoms in total. The second-order valence-electron chi connectivity index (χ2n) is 10.4. The first kappa shape index (κ1) is 27.2. The molecule has 10 heteroatoms. The van der Waals surface area contributed by atoms with Crippen LogP contribution in [0.25, 0.3) is 0 Å². The minimum absolute atomic E-state index is 0.120. The fourth-order valence-electron chi connectivity index (χ4n) is 3.80. The van der Waals surface area contributed by atoms with E-state index < -0.39 is 35.5 Å². The van der Waals surface area contributed by atoms with Crippen LogP contribution in [-0.4, -0.2) is 79.4 Å². The van der Waals surface area contributed by atoms with Gasteiger partial charge in [0.2, 0.25) is 12.7 Å². The van der Waals surface area contributed by atoms with E-state index in [1.54, 1.807) is 20.8 Å². The molecule has 0 radical (unpaired) electrons. The Labute approximate surface area is 200 Å². The molecule has 0 aromatic heterocycles. The largest absolute Gasteiger partial charge is 0.465 e. The van der Waals surface area contributed by atoms with Gasteiger partial charge < -0.3 is 24.0 Å². The van der Waals surface area contributed by atoms with E-state index in [2.05, 4.69) is 0 Å². The highest BCUT2D eigenvalue weighted by molar-refractivity contribution is 8.03. The Morgan fingerprint density at radius 2 is 1.73 bits per heavy atom. The third-order valence-corrected chi connectivity index (χ3v) is 6.70. The lowest BCUT2D eigenvalue weighted by molar-refractivity contribution is -0.176. The molecule has 0 aromatic rings. The van der Waals surface area contributed by atoms with Crippen LogP contribution in [0.4, 0.5) is 0 Å². The SMILES string of the molecule is CC(=O)OCC(C)(C)C1C(=O)N2C(C(=O)OCOC(=O)C(C)(C)C)=C(SCCN(C)C)CC12. The third-order valence-electron chi connectivity index (χ3n) is 5.61. The first-order chi connectivity index (χ1) is 15.2. The Kier molecular flexibility index (Phi) is 8.62. The van der Waals surface area contributed by atoms with Crippen molar-refractivity contribution in [3.8, 4) is 0 Å². The van der Waals surface area contributed by atoms with Gasteiger partial charge in [0.05, 0.1) is 24.0 Å². The van der Waals surface area contributed by atoms with Crippen molar-refractivity contribution >= 4 is 35.6 Å². The number of rotatable bonds is 10. The Hall–Kier alpha value is -2.07. The van der Waals surface area contributed by atoms with Gasteiger partial charge in [0.25, 0.3) is 0 Å². The monoisotopic (exact) mass is 484 g/mol. The van der Waals surface area contributed by atoms with Gasteiger partial charge >= 0.3 is 17.9 Å². The van der Waals surface area contributed by atoms with E-state index in [1.165, 1.54) is 23.6 Å². The Morgan fingerprint density at radius 3 is 2.27 bits per heavy atom. The molecule has 2 rings (SSSR count). The van der Waals surface area contributed by atoms with Crippen LogP contribution in [0.3, 0.4) is 0 Å². The van der Waals surface area contributed by atoms with Gasteiger partial charge in [-0.2, -0.15) is 0 Å². The quantitative estimate of drug-likeness (QED) is 0.263. The predicted octanol–water partition coefficient (Wildman–Crippen LogP) is 2.40. The highest BCUT2D eigenvalue weighted by Crippen LogP contribution is 2.51. The van der Waals surface area contributed by atoms with Crippen molar-refractivity contribution in [1.82, 2.24) is 9.80 Å².